The van der Waals surface area contributed by atoms with Crippen molar-refractivity contribution in [2.24, 2.45) is 0 Å². The number of aliphatic carboxylic acids is 1. The van der Waals surface area contributed by atoms with Crippen molar-refractivity contribution in [1.29, 1.82) is 0 Å². The number of thioether (sulfide) groups is 1. The summed E-state index contributed by atoms with van der Waals surface area (Å²) in [6, 6.07) is 4.90. The third kappa shape index (κ3) is 5.20. The molecule has 0 aliphatic rings. The average Bonchev–Trinajstić information content (AvgIpc) is 2.37. The lowest BCUT2D eigenvalue weighted by Gasteiger charge is -2.18. The number of aliphatic hydroxyl groups is 1. The molecule has 20 heavy (non-hydrogen) atoms. The first-order valence-corrected chi connectivity index (χ1v) is 7.27. The van der Waals surface area contributed by atoms with E-state index in [1.54, 1.807) is 18.2 Å². The van der Waals surface area contributed by atoms with Gasteiger partial charge in [0, 0.05) is 9.92 Å². The van der Waals surface area contributed by atoms with Crippen molar-refractivity contribution in [2.45, 2.75) is 17.4 Å². The molecule has 0 saturated heterocycles. The second-order valence-electron chi connectivity index (χ2n) is 4.22. The number of benzene rings is 1. The van der Waals surface area contributed by atoms with Crippen LogP contribution in [0.1, 0.15) is 6.92 Å². The molecule has 1 aromatic rings. The Morgan fingerprint density at radius 3 is 2.65 bits per heavy atom. The molecule has 0 spiro atoms. The Morgan fingerprint density at radius 2 is 2.05 bits per heavy atom. The molecule has 0 aromatic heterocycles. The Bertz CT molecular complexity index is 522. The molecule has 0 radical (unpaired) electrons. The van der Waals surface area contributed by atoms with Crippen molar-refractivity contribution in [2.75, 3.05) is 12.3 Å². The molecule has 0 aliphatic heterocycles. The molecule has 5 nitrogen and oxygen atoms in total. The van der Waals surface area contributed by atoms with E-state index in [9.17, 15) is 14.7 Å². The molecule has 3 N–H and O–H groups in total. The van der Waals surface area contributed by atoms with Crippen LogP contribution in [0, 0.1) is 0 Å². The van der Waals surface area contributed by atoms with Gasteiger partial charge in [0.15, 0.2) is 5.60 Å². The van der Waals surface area contributed by atoms with Crippen LogP contribution in [0.2, 0.25) is 10.0 Å². The van der Waals surface area contributed by atoms with E-state index in [0.29, 0.717) is 14.9 Å². The van der Waals surface area contributed by atoms with E-state index in [-0.39, 0.29) is 12.3 Å². The summed E-state index contributed by atoms with van der Waals surface area (Å²) < 4.78 is 0. The molecule has 8 heteroatoms. The van der Waals surface area contributed by atoms with Crippen LogP contribution in [0.5, 0.6) is 0 Å². The van der Waals surface area contributed by atoms with Gasteiger partial charge in [-0.05, 0) is 25.1 Å². The Kier molecular flexibility index (Phi) is 6.13. The maximum absolute atomic E-state index is 11.6. The topological polar surface area (TPSA) is 86.6 Å². The monoisotopic (exact) mass is 337 g/mol. The minimum atomic E-state index is -1.99. The summed E-state index contributed by atoms with van der Waals surface area (Å²) in [5, 5.41) is 21.5. The first-order chi connectivity index (χ1) is 9.22. The van der Waals surface area contributed by atoms with Crippen LogP contribution < -0.4 is 5.32 Å². The Balaban J connectivity index is 2.48. The summed E-state index contributed by atoms with van der Waals surface area (Å²) in [5.41, 5.74) is -1.99. The SMILES string of the molecule is CC(O)(CNC(=O)CSc1cc(Cl)ccc1Cl)C(=O)O. The van der Waals surface area contributed by atoms with Gasteiger partial charge < -0.3 is 15.5 Å². The van der Waals surface area contributed by atoms with Gasteiger partial charge in [0.25, 0.3) is 0 Å². The van der Waals surface area contributed by atoms with Crippen LogP contribution in [0.15, 0.2) is 23.1 Å². The second-order valence-corrected chi connectivity index (χ2v) is 6.08. The number of carboxylic acid groups (broad SMARTS) is 1. The standard InChI is InChI=1S/C12H13Cl2NO4S/c1-12(19,11(17)18)6-15-10(16)5-20-9-4-7(13)2-3-8(9)14/h2-4,19H,5-6H2,1H3,(H,15,16)(H,17,18). The van der Waals surface area contributed by atoms with Crippen molar-refractivity contribution < 1.29 is 19.8 Å². The third-order valence-corrected chi connectivity index (χ3v) is 4.07. The van der Waals surface area contributed by atoms with Crippen LogP contribution >= 0.6 is 35.0 Å². The van der Waals surface area contributed by atoms with Gasteiger partial charge >= 0.3 is 5.97 Å². The van der Waals surface area contributed by atoms with Crippen molar-refractivity contribution in [1.82, 2.24) is 5.32 Å². The maximum atomic E-state index is 11.6. The quantitative estimate of drug-likeness (QED) is 0.691. The maximum Gasteiger partial charge on any atom is 0.337 e. The van der Waals surface area contributed by atoms with Gasteiger partial charge in [0.05, 0.1) is 17.3 Å². The summed E-state index contributed by atoms with van der Waals surface area (Å²) >= 11 is 12.9. The molecule has 1 atom stereocenters. The minimum Gasteiger partial charge on any atom is -0.479 e. The normalized spacial score (nSPS) is 13.6. The zero-order chi connectivity index (χ0) is 15.3. The second kappa shape index (κ2) is 7.17. The highest BCUT2D eigenvalue weighted by Gasteiger charge is 2.30. The van der Waals surface area contributed by atoms with Gasteiger partial charge in [-0.1, -0.05) is 23.2 Å². The zero-order valence-electron chi connectivity index (χ0n) is 10.5. The summed E-state index contributed by atoms with van der Waals surface area (Å²) in [6.45, 7) is 0.738. The van der Waals surface area contributed by atoms with E-state index in [2.05, 4.69) is 5.32 Å². The fourth-order valence-electron chi connectivity index (χ4n) is 1.13. The predicted octanol–water partition coefficient (Wildman–Crippen LogP) is 2.04. The average molecular weight is 338 g/mol. The molecule has 0 fully saturated rings. The lowest BCUT2D eigenvalue weighted by molar-refractivity contribution is -0.156. The largest absolute Gasteiger partial charge is 0.479 e. The van der Waals surface area contributed by atoms with Crippen molar-refractivity contribution in [3.63, 3.8) is 0 Å². The van der Waals surface area contributed by atoms with Gasteiger partial charge in [0.1, 0.15) is 0 Å². The smallest absolute Gasteiger partial charge is 0.337 e. The van der Waals surface area contributed by atoms with Crippen LogP contribution in [0.25, 0.3) is 0 Å². The number of carbonyl (C=O) groups is 2. The molecule has 110 valence electrons. The van der Waals surface area contributed by atoms with E-state index in [1.165, 1.54) is 11.8 Å². The van der Waals surface area contributed by atoms with Crippen molar-refractivity contribution in [3.05, 3.63) is 28.2 Å². The first kappa shape index (κ1) is 17.1. The third-order valence-electron chi connectivity index (χ3n) is 2.34. The van der Waals surface area contributed by atoms with Gasteiger partial charge in [-0.25, -0.2) is 4.79 Å². The molecule has 0 heterocycles. The molecule has 1 rings (SSSR count). The molecule has 1 aromatic carbocycles. The number of halogens is 2. The number of nitrogens with one attached hydrogen (secondary N) is 1. The molecule has 0 aliphatic carbocycles. The highest BCUT2D eigenvalue weighted by atomic mass is 35.5. The molecule has 1 unspecified atom stereocenters. The summed E-state index contributed by atoms with van der Waals surface area (Å²) in [4.78, 5) is 22.9. The van der Waals surface area contributed by atoms with Crippen molar-refractivity contribution >= 4 is 46.8 Å². The number of amides is 1. The van der Waals surface area contributed by atoms with Gasteiger partial charge in [-0.15, -0.1) is 11.8 Å². The van der Waals surface area contributed by atoms with Crippen LogP contribution in [0.3, 0.4) is 0 Å². The van der Waals surface area contributed by atoms with Crippen LogP contribution in [0.4, 0.5) is 0 Å². The highest BCUT2D eigenvalue weighted by Crippen LogP contribution is 2.29. The Hall–Kier alpha value is -0.950. The van der Waals surface area contributed by atoms with Gasteiger partial charge in [0.2, 0.25) is 5.91 Å². The van der Waals surface area contributed by atoms with Crippen LogP contribution in [-0.4, -0.2) is 40.0 Å². The molecular formula is C12H13Cl2NO4S. The van der Waals surface area contributed by atoms with E-state index in [4.69, 9.17) is 28.3 Å². The molecule has 0 bridgehead atoms. The molecular weight excluding hydrogens is 325 g/mol. The summed E-state index contributed by atoms with van der Waals surface area (Å²) in [6.07, 6.45) is 0. The highest BCUT2D eigenvalue weighted by molar-refractivity contribution is 8.00. The number of rotatable bonds is 6. The Labute approximate surface area is 130 Å². The minimum absolute atomic E-state index is 0.0375. The number of carboxylic acids is 1. The van der Waals surface area contributed by atoms with Gasteiger partial charge in [-0.3, -0.25) is 4.79 Å². The van der Waals surface area contributed by atoms with Gasteiger partial charge in [-0.2, -0.15) is 0 Å². The zero-order valence-corrected chi connectivity index (χ0v) is 12.8. The van der Waals surface area contributed by atoms with E-state index in [0.717, 1.165) is 6.92 Å². The number of hydrogen-bond acceptors (Lipinski definition) is 4. The van der Waals surface area contributed by atoms with E-state index >= 15 is 0 Å². The van der Waals surface area contributed by atoms with E-state index in [1.807, 2.05) is 0 Å². The predicted molar refractivity (Wildman–Crippen MR) is 78.5 cm³/mol. The number of carbonyl (C=O) groups excluding carboxylic acids is 1. The molecule has 0 saturated carbocycles. The summed E-state index contributed by atoms with van der Waals surface area (Å²) in [7, 11) is 0. The number of hydrogen-bond donors (Lipinski definition) is 3. The van der Waals surface area contributed by atoms with Crippen molar-refractivity contribution in [3.8, 4) is 0 Å². The lowest BCUT2D eigenvalue weighted by Crippen LogP contribution is -2.46. The summed E-state index contributed by atoms with van der Waals surface area (Å²) in [5.74, 6) is -1.77. The Morgan fingerprint density at radius 1 is 1.40 bits per heavy atom. The fourth-order valence-corrected chi connectivity index (χ4v) is 2.45. The fraction of sp³-hybridized carbons (Fsp3) is 0.333. The molecule has 1 amide bonds. The van der Waals surface area contributed by atoms with E-state index < -0.39 is 17.5 Å². The first-order valence-electron chi connectivity index (χ1n) is 5.52. The lowest BCUT2D eigenvalue weighted by atomic mass is 10.1. The van der Waals surface area contributed by atoms with Crippen LogP contribution in [-0.2, 0) is 9.59 Å².